The molecule has 1 spiro atoms. The van der Waals surface area contributed by atoms with Gasteiger partial charge in [0.25, 0.3) is 0 Å². The van der Waals surface area contributed by atoms with Crippen molar-refractivity contribution in [1.29, 1.82) is 0 Å². The first-order chi connectivity index (χ1) is 5.74. The first-order valence-corrected chi connectivity index (χ1v) is 8.20. The highest BCUT2D eigenvalue weighted by molar-refractivity contribution is 8.50. The zero-order valence-corrected chi connectivity index (χ0v) is 10.8. The summed E-state index contributed by atoms with van der Waals surface area (Å²) in [7, 11) is 0. The smallest absolute Gasteiger partial charge is 0.125 e. The van der Waals surface area contributed by atoms with E-state index in [2.05, 4.69) is 54.0 Å². The van der Waals surface area contributed by atoms with Gasteiger partial charge in [-0.3, -0.25) is 0 Å². The van der Waals surface area contributed by atoms with Crippen molar-refractivity contribution in [3.05, 3.63) is 0 Å². The van der Waals surface area contributed by atoms with Crippen molar-refractivity contribution in [2.45, 2.75) is 20.2 Å². The molecule has 2 rings (SSSR count). The summed E-state index contributed by atoms with van der Waals surface area (Å²) in [4.78, 5) is 0. The van der Waals surface area contributed by atoms with E-state index < -0.39 is 0 Å². The normalized spacial score (nSPS) is 47.5. The van der Waals surface area contributed by atoms with Gasteiger partial charge in [0, 0.05) is 27.9 Å². The van der Waals surface area contributed by atoms with E-state index in [1.54, 1.807) is 0 Å². The molecule has 0 aromatic carbocycles. The summed E-state index contributed by atoms with van der Waals surface area (Å²) in [6.45, 7) is 2.32. The molecule has 0 N–H and O–H groups in total. The van der Waals surface area contributed by atoms with Crippen LogP contribution >= 0.6 is 58.6 Å². The summed E-state index contributed by atoms with van der Waals surface area (Å²) in [5, 5.41) is 1.51. The maximum atomic E-state index is 5.85. The van der Waals surface area contributed by atoms with Crippen molar-refractivity contribution in [3.63, 3.8) is 0 Å². The van der Waals surface area contributed by atoms with Gasteiger partial charge in [-0.15, -0.1) is 58.6 Å². The van der Waals surface area contributed by atoms with E-state index >= 15 is 0 Å². The van der Waals surface area contributed by atoms with Gasteiger partial charge < -0.3 is 0 Å². The fraction of sp³-hybridized carbons (Fsp3) is 1.00. The summed E-state index contributed by atoms with van der Waals surface area (Å²) >= 11 is 14.3. The second kappa shape index (κ2) is 4.05. The molecule has 2 heterocycles. The minimum Gasteiger partial charge on any atom is -0.125 e. The molecule has 12 heavy (non-hydrogen) atoms. The molecule has 0 aromatic heterocycles. The zero-order valence-electron chi connectivity index (χ0n) is 6.79. The Balaban J connectivity index is 1.97. The van der Waals surface area contributed by atoms with Crippen LogP contribution in [-0.4, -0.2) is 30.6 Å². The molecule has 0 nitrogen and oxygen atoms in total. The van der Waals surface area contributed by atoms with Gasteiger partial charge in [-0.2, -0.15) is 0 Å². The van der Waals surface area contributed by atoms with Crippen LogP contribution in [0.15, 0.2) is 0 Å². The number of rotatable bonds is 1. The molecule has 0 radical (unpaired) electrons. The lowest BCUT2D eigenvalue weighted by Gasteiger charge is -2.18. The molecule has 0 aromatic rings. The number of hydrogen-bond donors (Lipinski definition) is 0. The Morgan fingerprint density at radius 2 is 2.08 bits per heavy atom. The van der Waals surface area contributed by atoms with Crippen LogP contribution in [0.5, 0.6) is 0 Å². The predicted octanol–water partition coefficient (Wildman–Crippen LogP) is 3.55. The summed E-state index contributed by atoms with van der Waals surface area (Å²) in [6.07, 6.45) is 0. The van der Waals surface area contributed by atoms with E-state index in [1.807, 2.05) is 0 Å². The monoisotopic (exact) mass is 258 g/mol. The topological polar surface area (TPSA) is 0 Å². The molecule has 2 aliphatic heterocycles. The standard InChI is InChI=1S/C7H11ClS4/c1-5-3-9-7(11-5)10-4-6(2-8)12-7/h5-6H,2-4H2,1H3/t5?,6?,7-/m0/s1. The highest BCUT2D eigenvalue weighted by atomic mass is 35.5. The number of thioether (sulfide) groups is 4. The molecule has 2 unspecified atom stereocenters. The van der Waals surface area contributed by atoms with E-state index in [-0.39, 0.29) is 0 Å². The van der Waals surface area contributed by atoms with Crippen molar-refractivity contribution in [3.8, 4) is 0 Å². The molecule has 3 atom stereocenters. The highest BCUT2D eigenvalue weighted by Gasteiger charge is 2.46. The highest BCUT2D eigenvalue weighted by Crippen LogP contribution is 2.66. The fourth-order valence-corrected chi connectivity index (χ4v) is 10.1. The Morgan fingerprint density at radius 1 is 1.33 bits per heavy atom. The molecule has 70 valence electrons. The minimum absolute atomic E-state index is 0.416. The fourth-order valence-electron chi connectivity index (χ4n) is 1.21. The zero-order chi connectivity index (χ0) is 8.60. The largest absolute Gasteiger partial charge is 0.154 e. The average molecular weight is 259 g/mol. The van der Waals surface area contributed by atoms with Crippen molar-refractivity contribution in [2.24, 2.45) is 0 Å². The molecule has 2 saturated heterocycles. The summed E-state index contributed by atoms with van der Waals surface area (Å²) in [5.41, 5.74) is 0. The van der Waals surface area contributed by atoms with E-state index in [4.69, 9.17) is 11.6 Å². The molecular weight excluding hydrogens is 248 g/mol. The van der Waals surface area contributed by atoms with Crippen molar-refractivity contribution in [1.82, 2.24) is 0 Å². The molecular formula is C7H11ClS4. The van der Waals surface area contributed by atoms with Crippen LogP contribution in [0.3, 0.4) is 0 Å². The van der Waals surface area contributed by atoms with Crippen LogP contribution < -0.4 is 0 Å². The number of hydrogen-bond acceptors (Lipinski definition) is 4. The Bertz CT molecular complexity index is 177. The van der Waals surface area contributed by atoms with Crippen molar-refractivity contribution < 1.29 is 0 Å². The van der Waals surface area contributed by atoms with Crippen molar-refractivity contribution >= 4 is 58.6 Å². The summed E-state index contributed by atoms with van der Waals surface area (Å²) in [6, 6.07) is 0. The Kier molecular flexibility index (Phi) is 3.45. The van der Waals surface area contributed by atoms with Crippen LogP contribution in [0.25, 0.3) is 0 Å². The second-order valence-corrected chi connectivity index (χ2v) is 10.4. The van der Waals surface area contributed by atoms with Crippen LogP contribution in [0.2, 0.25) is 0 Å². The van der Waals surface area contributed by atoms with E-state index in [9.17, 15) is 0 Å². The van der Waals surface area contributed by atoms with Crippen LogP contribution in [0, 0.1) is 0 Å². The Hall–Kier alpha value is 1.69. The van der Waals surface area contributed by atoms with E-state index in [0.717, 1.165) is 11.1 Å². The van der Waals surface area contributed by atoms with Gasteiger partial charge in [0.05, 0.1) is 0 Å². The lowest BCUT2D eigenvalue weighted by Crippen LogP contribution is -2.04. The SMILES string of the molecule is CC1CS[C@]2(SCC(CCl)S2)S1. The van der Waals surface area contributed by atoms with Gasteiger partial charge in [-0.25, -0.2) is 0 Å². The van der Waals surface area contributed by atoms with Crippen LogP contribution in [0.4, 0.5) is 0 Å². The average Bonchev–Trinajstić information content (AvgIpc) is 2.61. The van der Waals surface area contributed by atoms with Crippen LogP contribution in [-0.2, 0) is 0 Å². The molecule has 5 heteroatoms. The first-order valence-electron chi connectivity index (χ1n) is 3.93. The molecule has 2 aliphatic rings. The Labute approximate surface area is 95.7 Å². The maximum Gasteiger partial charge on any atom is 0.154 e. The van der Waals surface area contributed by atoms with Gasteiger partial charge in [0.15, 0.2) is 2.74 Å². The third-order valence-electron chi connectivity index (χ3n) is 1.77. The van der Waals surface area contributed by atoms with Gasteiger partial charge in [0.2, 0.25) is 0 Å². The summed E-state index contributed by atoms with van der Waals surface area (Å²) < 4.78 is 0.416. The molecule has 0 amide bonds. The van der Waals surface area contributed by atoms with E-state index in [0.29, 0.717) is 7.99 Å². The molecule has 0 bridgehead atoms. The molecule has 2 fully saturated rings. The minimum atomic E-state index is 0.416. The third-order valence-corrected chi connectivity index (χ3v) is 10.4. The second-order valence-electron chi connectivity index (χ2n) is 2.94. The van der Waals surface area contributed by atoms with Gasteiger partial charge in [0.1, 0.15) is 0 Å². The predicted molar refractivity (Wildman–Crippen MR) is 66.8 cm³/mol. The van der Waals surface area contributed by atoms with Gasteiger partial charge in [-0.1, -0.05) is 6.92 Å². The maximum absolute atomic E-state index is 5.85. The molecule has 0 aliphatic carbocycles. The lowest BCUT2D eigenvalue weighted by atomic mass is 10.6. The Morgan fingerprint density at radius 3 is 2.58 bits per heavy atom. The van der Waals surface area contributed by atoms with Crippen molar-refractivity contribution in [2.75, 3.05) is 17.4 Å². The lowest BCUT2D eigenvalue weighted by molar-refractivity contribution is 1.15. The number of halogens is 1. The van der Waals surface area contributed by atoms with E-state index in [1.165, 1.54) is 11.5 Å². The van der Waals surface area contributed by atoms with Crippen LogP contribution in [0.1, 0.15) is 6.92 Å². The third kappa shape index (κ3) is 2.02. The quantitative estimate of drug-likeness (QED) is 0.660. The van der Waals surface area contributed by atoms with Gasteiger partial charge >= 0.3 is 0 Å². The first kappa shape index (κ1) is 10.2. The van der Waals surface area contributed by atoms with Gasteiger partial charge in [-0.05, 0) is 0 Å². The molecule has 0 saturated carbocycles. The number of alkyl halides is 1. The summed E-state index contributed by atoms with van der Waals surface area (Å²) in [5.74, 6) is 3.36.